The van der Waals surface area contributed by atoms with Gasteiger partial charge in [-0.2, -0.15) is 4.98 Å². The van der Waals surface area contributed by atoms with Crippen LogP contribution in [0.5, 0.6) is 0 Å². The van der Waals surface area contributed by atoms with E-state index in [2.05, 4.69) is 15.0 Å². The van der Waals surface area contributed by atoms with E-state index in [-0.39, 0.29) is 18.1 Å². The summed E-state index contributed by atoms with van der Waals surface area (Å²) < 4.78 is 12.3. The predicted octanol–water partition coefficient (Wildman–Crippen LogP) is -0.878. The molecule has 0 saturated heterocycles. The van der Waals surface area contributed by atoms with Crippen molar-refractivity contribution in [2.24, 2.45) is 0 Å². The smallest absolute Gasteiger partial charge is 0.280 e. The molecule has 3 rings (SSSR count). The summed E-state index contributed by atoms with van der Waals surface area (Å²) >= 11 is 0. The van der Waals surface area contributed by atoms with Crippen LogP contribution in [0, 0.1) is 0 Å². The highest BCUT2D eigenvalue weighted by Gasteiger charge is 2.36. The molecule has 0 fully saturated rings. The number of aliphatic hydroxyl groups excluding tert-OH is 1. The number of hydrogen-bond acceptors (Lipinski definition) is 7. The Kier molecular flexibility index (Phi) is 2.82. The second kappa shape index (κ2) is 4.40. The number of imidazole rings is 1. The monoisotopic (exact) mass is 279 g/mol. The number of aromatic nitrogens is 4. The van der Waals surface area contributed by atoms with Gasteiger partial charge in [-0.15, -0.1) is 0 Å². The van der Waals surface area contributed by atoms with Crippen molar-refractivity contribution in [3.63, 3.8) is 0 Å². The normalized spacial score (nSPS) is 25.6. The standard InChI is InChI=1S/C11H13N5O4/c1-19-11(4-17)3-2-6(20-11)16-5-13-7-8(16)14-10(12)15-9(7)18/h2-3,5-6,17H,4H2,1H3,(H3,12,14,15,18)/t6-,11+/m1/s1. The number of nitrogen functional groups attached to an aromatic ring is 1. The lowest BCUT2D eigenvalue weighted by Crippen LogP contribution is -2.35. The van der Waals surface area contributed by atoms with Crippen LogP contribution in [-0.2, 0) is 9.47 Å². The third-order valence-electron chi connectivity index (χ3n) is 3.13. The van der Waals surface area contributed by atoms with Gasteiger partial charge in [-0.25, -0.2) is 4.98 Å². The summed E-state index contributed by atoms with van der Waals surface area (Å²) in [6.07, 6.45) is 4.10. The fourth-order valence-corrected chi connectivity index (χ4v) is 2.06. The van der Waals surface area contributed by atoms with Gasteiger partial charge in [0.05, 0.1) is 6.33 Å². The molecule has 20 heavy (non-hydrogen) atoms. The Labute approximate surface area is 112 Å². The Balaban J connectivity index is 2.05. The molecule has 3 heterocycles. The molecule has 0 unspecified atom stereocenters. The summed E-state index contributed by atoms with van der Waals surface area (Å²) in [4.78, 5) is 22.1. The van der Waals surface area contributed by atoms with E-state index in [1.807, 2.05) is 0 Å². The highest BCUT2D eigenvalue weighted by atomic mass is 16.7. The fourth-order valence-electron chi connectivity index (χ4n) is 2.06. The van der Waals surface area contributed by atoms with E-state index >= 15 is 0 Å². The Morgan fingerprint density at radius 2 is 2.50 bits per heavy atom. The van der Waals surface area contributed by atoms with E-state index in [4.69, 9.17) is 15.2 Å². The van der Waals surface area contributed by atoms with E-state index in [1.54, 1.807) is 12.2 Å². The second-order valence-electron chi connectivity index (χ2n) is 4.32. The average molecular weight is 279 g/mol. The number of aromatic amines is 1. The van der Waals surface area contributed by atoms with Crippen LogP contribution in [0.2, 0.25) is 0 Å². The predicted molar refractivity (Wildman–Crippen MR) is 68.6 cm³/mol. The van der Waals surface area contributed by atoms with Gasteiger partial charge in [0.25, 0.3) is 5.56 Å². The number of aliphatic hydroxyl groups is 1. The van der Waals surface area contributed by atoms with Crippen LogP contribution in [0.3, 0.4) is 0 Å². The molecule has 0 spiro atoms. The number of anilines is 1. The Bertz CT molecular complexity index is 730. The minimum absolute atomic E-state index is 0.00797. The Hall–Kier alpha value is -2.23. The van der Waals surface area contributed by atoms with Gasteiger partial charge in [0, 0.05) is 7.11 Å². The van der Waals surface area contributed by atoms with Crippen molar-refractivity contribution in [1.82, 2.24) is 19.5 Å². The third kappa shape index (κ3) is 1.80. The van der Waals surface area contributed by atoms with Crippen molar-refractivity contribution >= 4 is 17.1 Å². The molecule has 4 N–H and O–H groups in total. The summed E-state index contributed by atoms with van der Waals surface area (Å²) in [5.74, 6) is -1.21. The molecule has 0 aliphatic carbocycles. The number of methoxy groups -OCH3 is 1. The van der Waals surface area contributed by atoms with Crippen molar-refractivity contribution in [3.8, 4) is 0 Å². The number of rotatable bonds is 3. The Morgan fingerprint density at radius 3 is 3.15 bits per heavy atom. The minimum Gasteiger partial charge on any atom is -0.390 e. The topological polar surface area (TPSA) is 128 Å². The molecular formula is C11H13N5O4. The lowest BCUT2D eigenvalue weighted by molar-refractivity contribution is -0.224. The molecule has 106 valence electrons. The molecule has 0 aromatic carbocycles. The maximum atomic E-state index is 11.7. The van der Waals surface area contributed by atoms with Crippen LogP contribution in [0.4, 0.5) is 5.95 Å². The van der Waals surface area contributed by atoms with Gasteiger partial charge in [0.1, 0.15) is 6.61 Å². The molecule has 1 aliphatic rings. The number of fused-ring (bicyclic) bond motifs is 1. The lowest BCUT2D eigenvalue weighted by Gasteiger charge is -2.25. The number of hydrogen-bond donors (Lipinski definition) is 3. The zero-order valence-corrected chi connectivity index (χ0v) is 10.6. The van der Waals surface area contributed by atoms with Crippen LogP contribution in [-0.4, -0.2) is 44.1 Å². The summed E-state index contributed by atoms with van der Waals surface area (Å²) in [5.41, 5.74) is 5.56. The minimum atomic E-state index is -1.20. The van der Waals surface area contributed by atoms with E-state index in [1.165, 1.54) is 18.0 Å². The van der Waals surface area contributed by atoms with E-state index in [0.717, 1.165) is 0 Å². The first kappa shape index (κ1) is 12.8. The van der Waals surface area contributed by atoms with Crippen LogP contribution >= 0.6 is 0 Å². The largest absolute Gasteiger partial charge is 0.390 e. The van der Waals surface area contributed by atoms with Crippen molar-refractivity contribution in [2.45, 2.75) is 12.0 Å². The summed E-state index contributed by atoms with van der Waals surface area (Å²) in [5, 5.41) is 9.32. The third-order valence-corrected chi connectivity index (χ3v) is 3.13. The molecule has 2 aromatic heterocycles. The van der Waals surface area contributed by atoms with Gasteiger partial charge < -0.3 is 20.3 Å². The average Bonchev–Trinajstić information content (AvgIpc) is 3.02. The van der Waals surface area contributed by atoms with Crippen LogP contribution in [0.25, 0.3) is 11.2 Å². The van der Waals surface area contributed by atoms with Crippen LogP contribution in [0.1, 0.15) is 6.23 Å². The fraction of sp³-hybridized carbons (Fsp3) is 0.364. The number of nitrogens with one attached hydrogen (secondary N) is 1. The maximum absolute atomic E-state index is 11.7. The molecule has 0 radical (unpaired) electrons. The van der Waals surface area contributed by atoms with E-state index < -0.39 is 17.6 Å². The molecule has 9 heteroatoms. The van der Waals surface area contributed by atoms with Crippen molar-refractivity contribution in [1.29, 1.82) is 0 Å². The second-order valence-corrected chi connectivity index (χ2v) is 4.32. The number of nitrogens with zero attached hydrogens (tertiary/aromatic N) is 3. The van der Waals surface area contributed by atoms with Gasteiger partial charge in [0.2, 0.25) is 11.7 Å². The molecule has 0 bridgehead atoms. The van der Waals surface area contributed by atoms with Crippen molar-refractivity contribution in [2.75, 3.05) is 19.5 Å². The van der Waals surface area contributed by atoms with Crippen molar-refractivity contribution in [3.05, 3.63) is 28.8 Å². The SMILES string of the molecule is CO[C@@]1(CO)C=C[C@H](n2cnc3c(=O)[nH]c(N)nc32)O1. The van der Waals surface area contributed by atoms with E-state index in [9.17, 15) is 9.90 Å². The first-order valence-corrected chi connectivity index (χ1v) is 5.84. The highest BCUT2D eigenvalue weighted by Crippen LogP contribution is 2.31. The van der Waals surface area contributed by atoms with Gasteiger partial charge in [-0.3, -0.25) is 14.3 Å². The molecule has 9 nitrogen and oxygen atoms in total. The summed E-state index contributed by atoms with van der Waals surface area (Å²) in [6.45, 7) is -0.334. The zero-order chi connectivity index (χ0) is 14.3. The molecule has 2 aromatic rings. The number of nitrogens with two attached hydrogens (primary N) is 1. The lowest BCUT2D eigenvalue weighted by atomic mass is 10.3. The summed E-state index contributed by atoms with van der Waals surface area (Å²) in [7, 11) is 1.43. The first-order valence-electron chi connectivity index (χ1n) is 5.84. The number of ether oxygens (including phenoxy) is 2. The first-order chi connectivity index (χ1) is 9.58. The molecule has 2 atom stereocenters. The van der Waals surface area contributed by atoms with Crippen molar-refractivity contribution < 1.29 is 14.6 Å². The molecule has 0 amide bonds. The van der Waals surface area contributed by atoms with Crippen LogP contribution in [0.15, 0.2) is 23.3 Å². The molecule has 1 aliphatic heterocycles. The maximum Gasteiger partial charge on any atom is 0.280 e. The zero-order valence-electron chi connectivity index (χ0n) is 10.6. The summed E-state index contributed by atoms with van der Waals surface area (Å²) in [6, 6.07) is 0. The highest BCUT2D eigenvalue weighted by molar-refractivity contribution is 5.70. The molecule has 0 saturated carbocycles. The Morgan fingerprint density at radius 1 is 1.70 bits per heavy atom. The van der Waals surface area contributed by atoms with Gasteiger partial charge in [-0.1, -0.05) is 0 Å². The quantitative estimate of drug-likeness (QED) is 0.622. The number of H-pyrrole nitrogens is 1. The van der Waals surface area contributed by atoms with E-state index in [0.29, 0.717) is 5.65 Å². The molecular weight excluding hydrogens is 266 g/mol. The van der Waals surface area contributed by atoms with Gasteiger partial charge >= 0.3 is 0 Å². The van der Waals surface area contributed by atoms with Crippen LogP contribution < -0.4 is 11.3 Å². The van der Waals surface area contributed by atoms with Gasteiger partial charge in [-0.05, 0) is 12.2 Å². The van der Waals surface area contributed by atoms with Gasteiger partial charge in [0.15, 0.2) is 17.4 Å².